The minimum absolute atomic E-state index is 0.0970. The summed E-state index contributed by atoms with van der Waals surface area (Å²) in [6.45, 7) is 9.24. The van der Waals surface area contributed by atoms with Crippen molar-refractivity contribution < 1.29 is 33.7 Å². The van der Waals surface area contributed by atoms with E-state index < -0.39 is 40.1 Å². The van der Waals surface area contributed by atoms with Crippen LogP contribution in [0.4, 0.5) is 0 Å². The van der Waals surface area contributed by atoms with Gasteiger partial charge >= 0.3 is 0 Å². The van der Waals surface area contributed by atoms with Crippen LogP contribution in [0.3, 0.4) is 0 Å². The standard InChI is InChI=1S/C72H86Cl4N8O8S4/c1-5-9-13-17-21-45-77-93(85,86)61-33-25-29-49(69(61)73)65-53-37-39-55(81-53)66(50-30-26-34-62(70(50)74)94(87,88)78-46-22-18-14-10-6-2)57-41-43-59(83-57)68(52-32-28-36-64(72(52)76)96(91,92)80-48-24-20-16-12-8-4)60-44-42-58(84-60)67(56-40-38-54(65)82-56)51-31-27-35-63(71(51)75)95(89,90)79-47-23-19-15-11-7-3/h25-44,77-81,84H,5-24,45-48H2,1-4H3. The van der Waals surface area contributed by atoms with E-state index in [0.29, 0.717) is 92.8 Å². The van der Waals surface area contributed by atoms with Gasteiger partial charge < -0.3 is 9.97 Å². The van der Waals surface area contributed by atoms with E-state index in [4.69, 9.17) is 56.4 Å². The molecule has 96 heavy (non-hydrogen) atoms. The van der Waals surface area contributed by atoms with E-state index in [2.05, 4.69) is 56.6 Å². The number of unbranched alkanes of at least 4 members (excludes halogenated alkanes) is 16. The number of halogens is 4. The largest absolute Gasteiger partial charge is 0.354 e. The van der Waals surface area contributed by atoms with Crippen molar-refractivity contribution in [1.82, 2.24) is 38.8 Å². The highest BCUT2D eigenvalue weighted by atomic mass is 35.5. The first kappa shape index (κ1) is 74.5. The molecule has 24 heteroatoms. The Bertz CT molecular complexity index is 4080. The van der Waals surface area contributed by atoms with Gasteiger partial charge in [0, 0.05) is 92.8 Å². The van der Waals surface area contributed by atoms with Crippen molar-refractivity contribution in [2.45, 2.75) is 176 Å². The number of H-pyrrole nitrogens is 2. The first-order chi connectivity index (χ1) is 46.2. The molecule has 3 aromatic heterocycles. The van der Waals surface area contributed by atoms with Gasteiger partial charge in [0.1, 0.15) is 19.6 Å². The highest BCUT2D eigenvalue weighted by Crippen LogP contribution is 2.45. The average molecular weight is 1460 g/mol. The Morgan fingerprint density at radius 1 is 0.302 bits per heavy atom. The topological polar surface area (TPSA) is 242 Å². The fourth-order valence-electron chi connectivity index (χ4n) is 12.0. The number of hydrogen-bond acceptors (Lipinski definition) is 10. The molecule has 0 radical (unpaired) electrons. The van der Waals surface area contributed by atoms with Crippen LogP contribution >= 0.6 is 46.4 Å². The molecule has 7 aromatic rings. The normalized spacial score (nSPS) is 12.8. The van der Waals surface area contributed by atoms with Crippen LogP contribution in [0.5, 0.6) is 0 Å². The van der Waals surface area contributed by atoms with Gasteiger partial charge in [-0.25, -0.2) is 62.5 Å². The fourth-order valence-corrected chi connectivity index (χ4v) is 18.8. The molecule has 4 aromatic carbocycles. The molecule has 0 saturated heterocycles. The highest BCUT2D eigenvalue weighted by molar-refractivity contribution is 7.90. The molecule has 6 N–H and O–H groups in total. The molecule has 5 heterocycles. The molecule has 0 aliphatic carbocycles. The molecule has 514 valence electrons. The van der Waals surface area contributed by atoms with Crippen LogP contribution < -0.4 is 18.9 Å². The third kappa shape index (κ3) is 17.8. The number of fused-ring (bicyclic) bond motifs is 8. The summed E-state index contributed by atoms with van der Waals surface area (Å²) in [6, 6.07) is 26.1. The van der Waals surface area contributed by atoms with E-state index in [1.54, 1.807) is 97.1 Å². The molecule has 16 nitrogen and oxygen atoms in total. The molecular weight excluding hydrogens is 1370 g/mol. The van der Waals surface area contributed by atoms with Gasteiger partial charge in [0.15, 0.2) is 0 Å². The first-order valence-electron chi connectivity index (χ1n) is 33.5. The second kappa shape index (κ2) is 34.4. The average Bonchev–Trinajstić information content (AvgIpc) is 1.54. The second-order valence-corrected chi connectivity index (χ2v) is 32.7. The Morgan fingerprint density at radius 2 is 0.510 bits per heavy atom. The van der Waals surface area contributed by atoms with Crippen LogP contribution in [0.2, 0.25) is 20.1 Å². The molecular formula is C72H86Cl4N8O8S4. The van der Waals surface area contributed by atoms with Gasteiger partial charge in [-0.05, 0) is 98.5 Å². The summed E-state index contributed by atoms with van der Waals surface area (Å²) >= 11 is 29.7. The third-order valence-electron chi connectivity index (χ3n) is 17.1. The lowest BCUT2D eigenvalue weighted by molar-refractivity contribution is 0.569. The number of benzene rings is 4. The smallest absolute Gasteiger partial charge is 0.242 e. The van der Waals surface area contributed by atoms with Gasteiger partial charge in [0.25, 0.3) is 0 Å². The Hall–Kier alpha value is -5.72. The van der Waals surface area contributed by atoms with Crippen LogP contribution in [-0.4, -0.2) is 79.8 Å². The maximum atomic E-state index is 14.3. The van der Waals surface area contributed by atoms with Crippen molar-refractivity contribution in [3.05, 3.63) is 140 Å². The quantitative estimate of drug-likeness (QED) is 0.0203. The van der Waals surface area contributed by atoms with Crippen LogP contribution in [0.15, 0.2) is 117 Å². The van der Waals surface area contributed by atoms with Gasteiger partial charge in [0.05, 0.1) is 42.9 Å². The molecule has 9 rings (SSSR count). The van der Waals surface area contributed by atoms with Crippen molar-refractivity contribution in [3.63, 3.8) is 0 Å². The summed E-state index contributed by atoms with van der Waals surface area (Å²) in [4.78, 5) is 17.2. The molecule has 0 unspecified atom stereocenters. The van der Waals surface area contributed by atoms with Crippen LogP contribution in [0.25, 0.3) is 90.9 Å². The predicted molar refractivity (Wildman–Crippen MR) is 396 cm³/mol. The van der Waals surface area contributed by atoms with Gasteiger partial charge in [-0.1, -0.05) is 225 Å². The second-order valence-electron chi connectivity index (χ2n) is 24.2. The van der Waals surface area contributed by atoms with E-state index in [-0.39, 0.29) is 88.1 Å². The molecule has 2 aliphatic rings. The zero-order valence-corrected chi connectivity index (χ0v) is 61.1. The predicted octanol–water partition coefficient (Wildman–Crippen LogP) is 18.9. The minimum atomic E-state index is -4.19. The number of aromatic amines is 2. The fraction of sp³-hybridized carbons (Fsp3) is 0.389. The maximum Gasteiger partial charge on any atom is 0.242 e. The van der Waals surface area contributed by atoms with Gasteiger partial charge in [-0.15, -0.1) is 0 Å². The summed E-state index contributed by atoms with van der Waals surface area (Å²) in [5, 5.41) is -0.388. The zero-order valence-electron chi connectivity index (χ0n) is 54.8. The summed E-state index contributed by atoms with van der Waals surface area (Å²) < 4.78 is 126. The van der Waals surface area contributed by atoms with Gasteiger partial charge in [0.2, 0.25) is 40.1 Å². The maximum absolute atomic E-state index is 14.3. The Kier molecular flexibility index (Phi) is 26.7. The van der Waals surface area contributed by atoms with E-state index in [0.717, 1.165) is 103 Å². The Morgan fingerprint density at radius 3 is 0.719 bits per heavy atom. The lowest BCUT2D eigenvalue weighted by atomic mass is 10.0. The summed E-state index contributed by atoms with van der Waals surface area (Å²) in [5.41, 5.74) is 5.27. The molecule has 8 bridgehead atoms. The van der Waals surface area contributed by atoms with Crippen molar-refractivity contribution in [2.24, 2.45) is 0 Å². The summed E-state index contributed by atoms with van der Waals surface area (Å²) in [6.07, 6.45) is 25.1. The van der Waals surface area contributed by atoms with E-state index in [1.165, 1.54) is 24.3 Å². The summed E-state index contributed by atoms with van der Waals surface area (Å²) in [7, 11) is -16.8. The number of rotatable bonds is 36. The number of sulfonamides is 4. The molecule has 0 fully saturated rings. The molecule has 0 spiro atoms. The van der Waals surface area contributed by atoms with E-state index >= 15 is 0 Å². The van der Waals surface area contributed by atoms with Gasteiger partial charge in [-0.2, -0.15) is 0 Å². The molecule has 0 saturated carbocycles. The highest BCUT2D eigenvalue weighted by Gasteiger charge is 2.29. The number of nitrogens with zero attached hydrogens (tertiary/aromatic N) is 2. The zero-order chi connectivity index (χ0) is 68.6. The van der Waals surface area contributed by atoms with Crippen molar-refractivity contribution in [1.29, 1.82) is 0 Å². The third-order valence-corrected chi connectivity index (χ3v) is 25.2. The number of aromatic nitrogens is 4. The molecule has 0 atom stereocenters. The first-order valence-corrected chi connectivity index (χ1v) is 40.9. The lowest BCUT2D eigenvalue weighted by Gasteiger charge is -2.14. The number of nitrogens with one attached hydrogen (secondary N) is 6. The SMILES string of the molecule is CCCCCCCNS(=O)(=O)c1cccc(-c2c3nc(c(-c4cccc(S(=O)(=O)NCCCCCCC)c4Cl)c4ccc([nH]4)c(-c4cccc(S(=O)(=O)NCCCCCCC)c4Cl)c4nc(c(-c5cccc(S(=O)(=O)NCCCCCCC)c5Cl)c5ccc2[nH]5)C=C4)C=C3)c1Cl. The monoisotopic (exact) mass is 1460 g/mol. The van der Waals surface area contributed by atoms with E-state index in [9.17, 15) is 33.7 Å². The Labute approximate surface area is 587 Å². The van der Waals surface area contributed by atoms with Crippen LogP contribution in [-0.2, 0) is 40.1 Å². The van der Waals surface area contributed by atoms with Crippen LogP contribution in [0.1, 0.15) is 179 Å². The van der Waals surface area contributed by atoms with Crippen LogP contribution in [0, 0.1) is 0 Å². The lowest BCUT2D eigenvalue weighted by Crippen LogP contribution is -2.25. The van der Waals surface area contributed by atoms with E-state index in [1.807, 2.05) is 0 Å². The van der Waals surface area contributed by atoms with Gasteiger partial charge in [-0.3, -0.25) is 0 Å². The summed E-state index contributed by atoms with van der Waals surface area (Å²) in [5.74, 6) is 0. The Balaban J connectivity index is 1.36. The van der Waals surface area contributed by atoms with Crippen molar-refractivity contribution in [2.75, 3.05) is 26.2 Å². The molecule has 0 amide bonds. The molecule has 2 aliphatic heterocycles. The number of hydrogen-bond donors (Lipinski definition) is 6. The van der Waals surface area contributed by atoms with Crippen molar-refractivity contribution >= 4 is 133 Å². The van der Waals surface area contributed by atoms with Crippen molar-refractivity contribution in [3.8, 4) is 44.5 Å². The minimum Gasteiger partial charge on any atom is -0.354 e.